The third kappa shape index (κ3) is 6.38. The van der Waals surface area contributed by atoms with Crippen molar-refractivity contribution in [2.75, 3.05) is 6.61 Å². The number of ketones is 2. The van der Waals surface area contributed by atoms with Crippen LogP contribution in [0.3, 0.4) is 0 Å². The van der Waals surface area contributed by atoms with Gasteiger partial charge in [0.2, 0.25) is 5.78 Å². The fourth-order valence-electron chi connectivity index (χ4n) is 3.76. The van der Waals surface area contributed by atoms with Crippen LogP contribution in [0.1, 0.15) is 37.3 Å². The van der Waals surface area contributed by atoms with Gasteiger partial charge in [-0.3, -0.25) is 13.8 Å². The maximum Gasteiger partial charge on any atom is 0.296 e. The molecule has 3 rings (SSSR count). The minimum Gasteiger partial charge on any atom is -0.294 e. The topological polar surface area (TPSA) is 77.5 Å². The summed E-state index contributed by atoms with van der Waals surface area (Å²) in [7, 11) is -3.89. The van der Waals surface area contributed by atoms with Gasteiger partial charge >= 0.3 is 0 Å². The number of Topliss-reactive ketones (excluding diaryl/α,β-unsaturated/α-hetero) is 2. The highest BCUT2D eigenvalue weighted by molar-refractivity contribution is 7.86. The number of benzene rings is 2. The highest BCUT2D eigenvalue weighted by atomic mass is 32.2. The highest BCUT2D eigenvalue weighted by Crippen LogP contribution is 2.36. The summed E-state index contributed by atoms with van der Waals surface area (Å²) < 4.78 is 30.0. The van der Waals surface area contributed by atoms with E-state index in [0.717, 1.165) is 16.7 Å². The number of allylic oxidation sites excluding steroid dienone is 2. The molecule has 0 N–H and O–H groups in total. The molecule has 1 aliphatic carbocycles. The van der Waals surface area contributed by atoms with Gasteiger partial charge in [0.15, 0.2) is 5.78 Å². The Bertz CT molecular complexity index is 1260. The zero-order valence-corrected chi connectivity index (χ0v) is 19.6. The van der Waals surface area contributed by atoms with E-state index in [1.54, 1.807) is 19.1 Å². The molecule has 0 aromatic heterocycles. The molecule has 0 fully saturated rings. The molecule has 170 valence electrons. The lowest BCUT2D eigenvalue weighted by Crippen LogP contribution is -2.14. The molecule has 2 aromatic rings. The summed E-state index contributed by atoms with van der Waals surface area (Å²) in [5.41, 5.74) is 3.53. The Kier molecular flexibility index (Phi) is 7.80. The number of aryl methyl sites for hydroxylation is 1. The molecule has 0 bridgehead atoms. The molecule has 0 heterocycles. The lowest BCUT2D eigenvalue weighted by atomic mass is 9.95. The lowest BCUT2D eigenvalue weighted by Gasteiger charge is -2.08. The summed E-state index contributed by atoms with van der Waals surface area (Å²) in [5.74, 6) is 4.46. The predicted octanol–water partition coefficient (Wildman–Crippen LogP) is 4.56. The Balaban J connectivity index is 1.63. The predicted molar refractivity (Wildman–Crippen MR) is 127 cm³/mol. The van der Waals surface area contributed by atoms with Crippen LogP contribution in [-0.4, -0.2) is 26.6 Å². The van der Waals surface area contributed by atoms with Crippen LogP contribution in [0, 0.1) is 24.7 Å². The molecule has 0 spiro atoms. The second-order valence-corrected chi connectivity index (χ2v) is 9.72. The Morgan fingerprint density at radius 2 is 1.79 bits per heavy atom. The van der Waals surface area contributed by atoms with E-state index in [9.17, 15) is 18.0 Å². The molecule has 2 aromatic carbocycles. The standard InChI is InChI=1S/C27H26O5S/c1-19(2)26-22(15-16-32-33(30,31)25-13-9-20(3)10-14-25)17-23(27(26)29)18-24(28)12-11-21-7-5-4-6-8-21/h4-10,13-14,23H,1,15-18H2,2-3H3. The lowest BCUT2D eigenvalue weighted by molar-refractivity contribution is -0.122. The van der Waals surface area contributed by atoms with Crippen LogP contribution in [0.2, 0.25) is 0 Å². The number of hydrogen-bond donors (Lipinski definition) is 0. The smallest absolute Gasteiger partial charge is 0.294 e. The van der Waals surface area contributed by atoms with Crippen molar-refractivity contribution in [3.05, 3.63) is 89.0 Å². The zero-order valence-electron chi connectivity index (χ0n) is 18.8. The molecule has 1 aliphatic rings. The van der Waals surface area contributed by atoms with Gasteiger partial charge in [0, 0.05) is 23.5 Å². The van der Waals surface area contributed by atoms with Crippen molar-refractivity contribution in [3.8, 4) is 11.8 Å². The summed E-state index contributed by atoms with van der Waals surface area (Å²) in [4.78, 5) is 25.3. The number of hydrogen-bond acceptors (Lipinski definition) is 5. The van der Waals surface area contributed by atoms with E-state index in [0.29, 0.717) is 17.6 Å². The van der Waals surface area contributed by atoms with E-state index in [-0.39, 0.29) is 35.9 Å². The molecule has 0 saturated heterocycles. The van der Waals surface area contributed by atoms with Crippen LogP contribution in [0.5, 0.6) is 0 Å². The van der Waals surface area contributed by atoms with Crippen molar-refractivity contribution < 1.29 is 22.2 Å². The zero-order chi connectivity index (χ0) is 24.0. The van der Waals surface area contributed by atoms with E-state index in [4.69, 9.17) is 4.18 Å². The monoisotopic (exact) mass is 462 g/mol. The van der Waals surface area contributed by atoms with Gasteiger partial charge < -0.3 is 0 Å². The second kappa shape index (κ2) is 10.6. The molecule has 6 heteroatoms. The van der Waals surface area contributed by atoms with Gasteiger partial charge in [0.25, 0.3) is 10.1 Å². The van der Waals surface area contributed by atoms with Crippen molar-refractivity contribution >= 4 is 21.7 Å². The van der Waals surface area contributed by atoms with Crippen LogP contribution >= 0.6 is 0 Å². The molecule has 0 amide bonds. The summed E-state index contributed by atoms with van der Waals surface area (Å²) in [6.45, 7) is 7.40. The van der Waals surface area contributed by atoms with Crippen LogP contribution in [0.15, 0.2) is 82.8 Å². The fraction of sp³-hybridized carbons (Fsp3) is 0.259. The van der Waals surface area contributed by atoms with Gasteiger partial charge in [-0.15, -0.1) is 0 Å². The van der Waals surface area contributed by atoms with Crippen molar-refractivity contribution in [1.29, 1.82) is 0 Å². The molecular formula is C27H26O5S. The van der Waals surface area contributed by atoms with Crippen LogP contribution in [0.25, 0.3) is 0 Å². The minimum atomic E-state index is -3.89. The molecule has 33 heavy (non-hydrogen) atoms. The Morgan fingerprint density at radius 1 is 1.12 bits per heavy atom. The Hall–Kier alpha value is -3.27. The SMILES string of the molecule is C=C(C)C1=C(CCOS(=O)(=O)c2ccc(C)cc2)CC(CC(=O)C#Cc2ccccc2)C1=O. The molecule has 1 atom stereocenters. The van der Waals surface area contributed by atoms with Crippen molar-refractivity contribution in [3.63, 3.8) is 0 Å². The molecule has 1 unspecified atom stereocenters. The average molecular weight is 463 g/mol. The van der Waals surface area contributed by atoms with Crippen molar-refractivity contribution in [1.82, 2.24) is 0 Å². The third-order valence-electron chi connectivity index (χ3n) is 5.39. The number of carbonyl (C=O) groups excluding carboxylic acids is 2. The van der Waals surface area contributed by atoms with Crippen LogP contribution in [0.4, 0.5) is 0 Å². The third-order valence-corrected chi connectivity index (χ3v) is 6.72. The van der Waals surface area contributed by atoms with E-state index >= 15 is 0 Å². The second-order valence-electron chi connectivity index (χ2n) is 8.11. The van der Waals surface area contributed by atoms with Crippen molar-refractivity contribution in [2.45, 2.75) is 38.0 Å². The summed E-state index contributed by atoms with van der Waals surface area (Å²) >= 11 is 0. The normalized spacial score (nSPS) is 15.8. The largest absolute Gasteiger partial charge is 0.296 e. The Labute approximate surface area is 195 Å². The quantitative estimate of drug-likeness (QED) is 0.424. The Morgan fingerprint density at radius 3 is 2.42 bits per heavy atom. The highest BCUT2D eigenvalue weighted by Gasteiger charge is 2.34. The first-order valence-corrected chi connectivity index (χ1v) is 12.1. The average Bonchev–Trinajstić information content (AvgIpc) is 3.08. The van der Waals surface area contributed by atoms with E-state index in [1.807, 2.05) is 37.3 Å². The first-order chi connectivity index (χ1) is 15.7. The molecule has 0 saturated carbocycles. The summed E-state index contributed by atoms with van der Waals surface area (Å²) in [6, 6.07) is 15.6. The van der Waals surface area contributed by atoms with Gasteiger partial charge in [0.1, 0.15) is 0 Å². The van der Waals surface area contributed by atoms with Crippen LogP contribution in [-0.2, 0) is 23.9 Å². The van der Waals surface area contributed by atoms with E-state index < -0.39 is 16.0 Å². The van der Waals surface area contributed by atoms with E-state index in [1.165, 1.54) is 12.1 Å². The molecule has 5 nitrogen and oxygen atoms in total. The van der Waals surface area contributed by atoms with Gasteiger partial charge in [-0.25, -0.2) is 0 Å². The summed E-state index contributed by atoms with van der Waals surface area (Å²) in [5, 5.41) is 0. The first kappa shape index (κ1) is 24.4. The maximum absolute atomic E-state index is 12.9. The molecule has 0 radical (unpaired) electrons. The summed E-state index contributed by atoms with van der Waals surface area (Å²) in [6.07, 6.45) is 0.647. The maximum atomic E-state index is 12.9. The van der Waals surface area contributed by atoms with Gasteiger partial charge in [-0.2, -0.15) is 8.42 Å². The fourth-order valence-corrected chi connectivity index (χ4v) is 4.67. The van der Waals surface area contributed by atoms with Gasteiger partial charge in [-0.05, 0) is 62.4 Å². The van der Waals surface area contributed by atoms with Gasteiger partial charge in [-0.1, -0.05) is 54.0 Å². The molecular weight excluding hydrogens is 436 g/mol. The van der Waals surface area contributed by atoms with Gasteiger partial charge in [0.05, 0.1) is 11.5 Å². The van der Waals surface area contributed by atoms with Crippen LogP contribution < -0.4 is 0 Å². The number of carbonyl (C=O) groups is 2. The first-order valence-electron chi connectivity index (χ1n) is 10.7. The van der Waals surface area contributed by atoms with Crippen molar-refractivity contribution in [2.24, 2.45) is 5.92 Å². The number of rotatable bonds is 8. The van der Waals surface area contributed by atoms with E-state index in [2.05, 4.69) is 18.4 Å². The minimum absolute atomic E-state index is 0.0153. The molecule has 0 aliphatic heterocycles.